The van der Waals surface area contributed by atoms with Crippen LogP contribution in [0.4, 0.5) is 10.7 Å². The number of esters is 1. The van der Waals surface area contributed by atoms with Gasteiger partial charge in [-0.1, -0.05) is 23.7 Å². The van der Waals surface area contributed by atoms with Crippen molar-refractivity contribution in [2.75, 3.05) is 24.9 Å². The van der Waals surface area contributed by atoms with Gasteiger partial charge in [-0.05, 0) is 42.8 Å². The number of rotatable bonds is 6. The molecule has 2 amide bonds. The number of carbonyl (C=O) groups is 3. The van der Waals surface area contributed by atoms with Crippen LogP contribution in [0.5, 0.6) is 5.75 Å². The summed E-state index contributed by atoms with van der Waals surface area (Å²) in [5.41, 5.74) is 1.37. The molecule has 0 unspecified atom stereocenters. The summed E-state index contributed by atoms with van der Waals surface area (Å²) in [6.45, 7) is 1.62. The van der Waals surface area contributed by atoms with Gasteiger partial charge in [0.25, 0.3) is 11.8 Å². The summed E-state index contributed by atoms with van der Waals surface area (Å²) in [7, 11) is 2.76. The standard InChI is InChI=1S/C22H19ClN2O5S/c1-12-17(22(28)30-3)21(25-19(26)13-6-4-7-14(23)10-13)31-18(12)20(27)24-15-8-5-9-16(11-15)29-2/h4-11H,1-3H3,(H,24,27)(H,25,26). The molecule has 0 bridgehead atoms. The second-order valence-corrected chi connectivity index (χ2v) is 7.86. The molecule has 0 aliphatic rings. The molecular formula is C22H19ClN2O5S. The van der Waals surface area contributed by atoms with Crippen LogP contribution in [0.1, 0.15) is 36.0 Å². The second-order valence-electron chi connectivity index (χ2n) is 6.40. The lowest BCUT2D eigenvalue weighted by Crippen LogP contribution is -2.14. The van der Waals surface area contributed by atoms with Crippen LogP contribution in [0.3, 0.4) is 0 Å². The molecule has 3 rings (SSSR count). The van der Waals surface area contributed by atoms with Gasteiger partial charge in [0.15, 0.2) is 0 Å². The van der Waals surface area contributed by atoms with E-state index < -0.39 is 17.8 Å². The first-order chi connectivity index (χ1) is 14.8. The van der Waals surface area contributed by atoms with Crippen molar-refractivity contribution in [3.8, 4) is 5.75 Å². The third-order valence-corrected chi connectivity index (χ3v) is 5.83. The number of nitrogens with one attached hydrogen (secondary N) is 2. The average molecular weight is 459 g/mol. The largest absolute Gasteiger partial charge is 0.497 e. The summed E-state index contributed by atoms with van der Waals surface area (Å²) in [6.07, 6.45) is 0. The Morgan fingerprint density at radius 1 is 0.968 bits per heavy atom. The van der Waals surface area contributed by atoms with E-state index in [1.165, 1.54) is 20.3 Å². The number of thiophene rings is 1. The number of halogens is 1. The first-order valence-corrected chi connectivity index (χ1v) is 10.3. The number of ether oxygens (including phenoxy) is 2. The number of carbonyl (C=O) groups excluding carboxylic acids is 3. The summed E-state index contributed by atoms with van der Waals surface area (Å²) >= 11 is 6.94. The number of anilines is 2. The van der Waals surface area contributed by atoms with Crippen LogP contribution >= 0.6 is 22.9 Å². The van der Waals surface area contributed by atoms with Crippen molar-refractivity contribution in [2.24, 2.45) is 0 Å². The third-order valence-electron chi connectivity index (χ3n) is 4.38. The second kappa shape index (κ2) is 9.63. The first kappa shape index (κ1) is 22.3. The molecule has 0 aliphatic carbocycles. The van der Waals surface area contributed by atoms with Gasteiger partial charge < -0.3 is 20.1 Å². The molecule has 31 heavy (non-hydrogen) atoms. The predicted molar refractivity (Wildman–Crippen MR) is 121 cm³/mol. The number of methoxy groups -OCH3 is 2. The molecule has 0 atom stereocenters. The lowest BCUT2D eigenvalue weighted by molar-refractivity contribution is 0.0601. The molecule has 160 valence electrons. The average Bonchev–Trinajstić information content (AvgIpc) is 3.09. The Kier molecular flexibility index (Phi) is 6.94. The van der Waals surface area contributed by atoms with E-state index in [0.29, 0.717) is 27.6 Å². The van der Waals surface area contributed by atoms with E-state index >= 15 is 0 Å². The normalized spacial score (nSPS) is 10.3. The number of hydrogen-bond acceptors (Lipinski definition) is 6. The van der Waals surface area contributed by atoms with Crippen LogP contribution in [0, 0.1) is 6.92 Å². The molecule has 3 aromatic rings. The Morgan fingerprint density at radius 2 is 1.71 bits per heavy atom. The minimum absolute atomic E-state index is 0.124. The van der Waals surface area contributed by atoms with E-state index in [1.54, 1.807) is 49.4 Å². The van der Waals surface area contributed by atoms with Gasteiger partial charge in [-0.15, -0.1) is 11.3 Å². The van der Waals surface area contributed by atoms with Gasteiger partial charge in [-0.3, -0.25) is 9.59 Å². The van der Waals surface area contributed by atoms with Crippen LogP contribution in [-0.2, 0) is 4.74 Å². The Labute approximate surface area is 187 Å². The van der Waals surface area contributed by atoms with E-state index in [1.807, 2.05) is 0 Å². The fourth-order valence-corrected chi connectivity index (χ4v) is 4.14. The van der Waals surface area contributed by atoms with Crippen molar-refractivity contribution in [2.45, 2.75) is 6.92 Å². The Bertz CT molecular complexity index is 1160. The molecule has 2 N–H and O–H groups in total. The molecule has 0 spiro atoms. The zero-order chi connectivity index (χ0) is 22.5. The van der Waals surface area contributed by atoms with Gasteiger partial charge in [0, 0.05) is 22.3 Å². The van der Waals surface area contributed by atoms with Crippen molar-refractivity contribution < 1.29 is 23.9 Å². The van der Waals surface area contributed by atoms with E-state index in [2.05, 4.69) is 10.6 Å². The minimum Gasteiger partial charge on any atom is -0.497 e. The number of hydrogen-bond donors (Lipinski definition) is 2. The van der Waals surface area contributed by atoms with Crippen molar-refractivity contribution in [3.05, 3.63) is 75.1 Å². The SMILES string of the molecule is COC(=O)c1c(NC(=O)c2cccc(Cl)c2)sc(C(=O)Nc2cccc(OC)c2)c1C. The molecule has 1 aromatic heterocycles. The summed E-state index contributed by atoms with van der Waals surface area (Å²) in [6, 6.07) is 13.3. The molecule has 7 nitrogen and oxygen atoms in total. The molecule has 0 saturated heterocycles. The number of amides is 2. The highest BCUT2D eigenvalue weighted by Crippen LogP contribution is 2.35. The predicted octanol–water partition coefficient (Wildman–Crippen LogP) is 5.01. The molecule has 1 heterocycles. The van der Waals surface area contributed by atoms with Gasteiger partial charge in [0.2, 0.25) is 0 Å². The first-order valence-electron chi connectivity index (χ1n) is 9.08. The van der Waals surface area contributed by atoms with E-state index in [9.17, 15) is 14.4 Å². The van der Waals surface area contributed by atoms with Crippen LogP contribution < -0.4 is 15.4 Å². The lowest BCUT2D eigenvalue weighted by atomic mass is 10.1. The van der Waals surface area contributed by atoms with E-state index in [-0.39, 0.29) is 15.4 Å². The Hall–Kier alpha value is -3.36. The number of benzene rings is 2. The van der Waals surface area contributed by atoms with E-state index in [4.69, 9.17) is 21.1 Å². The summed E-state index contributed by atoms with van der Waals surface area (Å²) in [5, 5.41) is 6.08. The fraction of sp³-hybridized carbons (Fsp3) is 0.136. The fourth-order valence-electron chi connectivity index (χ4n) is 2.86. The quantitative estimate of drug-likeness (QED) is 0.506. The highest BCUT2D eigenvalue weighted by Gasteiger charge is 2.26. The van der Waals surface area contributed by atoms with E-state index in [0.717, 1.165) is 11.3 Å². The smallest absolute Gasteiger partial charge is 0.341 e. The summed E-state index contributed by atoms with van der Waals surface area (Å²) in [5.74, 6) is -0.959. The maximum absolute atomic E-state index is 12.9. The highest BCUT2D eigenvalue weighted by molar-refractivity contribution is 7.19. The van der Waals surface area contributed by atoms with Gasteiger partial charge >= 0.3 is 5.97 Å². The molecule has 0 radical (unpaired) electrons. The van der Waals surface area contributed by atoms with Crippen molar-refractivity contribution in [1.29, 1.82) is 0 Å². The molecule has 0 saturated carbocycles. The van der Waals surface area contributed by atoms with Crippen LogP contribution in [0.25, 0.3) is 0 Å². The van der Waals surface area contributed by atoms with Gasteiger partial charge in [-0.2, -0.15) is 0 Å². The van der Waals surface area contributed by atoms with Crippen LogP contribution in [-0.4, -0.2) is 32.0 Å². The van der Waals surface area contributed by atoms with Crippen LogP contribution in [0.15, 0.2) is 48.5 Å². The van der Waals surface area contributed by atoms with Crippen LogP contribution in [0.2, 0.25) is 5.02 Å². The monoisotopic (exact) mass is 458 g/mol. The Balaban J connectivity index is 1.93. The zero-order valence-corrected chi connectivity index (χ0v) is 18.5. The highest BCUT2D eigenvalue weighted by atomic mass is 35.5. The van der Waals surface area contributed by atoms with Crippen molar-refractivity contribution in [1.82, 2.24) is 0 Å². The summed E-state index contributed by atoms with van der Waals surface area (Å²) < 4.78 is 10.0. The maximum atomic E-state index is 12.9. The molecule has 2 aromatic carbocycles. The molecule has 0 aliphatic heterocycles. The molecule has 9 heteroatoms. The maximum Gasteiger partial charge on any atom is 0.341 e. The van der Waals surface area contributed by atoms with Gasteiger partial charge in [-0.25, -0.2) is 4.79 Å². The van der Waals surface area contributed by atoms with Gasteiger partial charge in [0.05, 0.1) is 24.7 Å². The van der Waals surface area contributed by atoms with Gasteiger partial charge in [0.1, 0.15) is 10.8 Å². The minimum atomic E-state index is -0.657. The molecular weight excluding hydrogens is 440 g/mol. The molecule has 0 fully saturated rings. The topological polar surface area (TPSA) is 93.7 Å². The lowest BCUT2D eigenvalue weighted by Gasteiger charge is -2.07. The van der Waals surface area contributed by atoms with Crippen molar-refractivity contribution in [3.63, 3.8) is 0 Å². The zero-order valence-electron chi connectivity index (χ0n) is 16.9. The third kappa shape index (κ3) is 5.04. The summed E-state index contributed by atoms with van der Waals surface area (Å²) in [4.78, 5) is 38.2. The van der Waals surface area contributed by atoms with Crippen molar-refractivity contribution >= 4 is 51.4 Å². The Morgan fingerprint density at radius 3 is 2.39 bits per heavy atom.